The van der Waals surface area contributed by atoms with Gasteiger partial charge in [0.05, 0.1) is 27.9 Å². The number of carbonyl (C=O) groups excluding carboxylic acids is 1. The molecule has 0 saturated carbocycles. The van der Waals surface area contributed by atoms with Gasteiger partial charge in [0.15, 0.2) is 25.4 Å². The summed E-state index contributed by atoms with van der Waals surface area (Å²) in [6, 6.07) is 8.33. The van der Waals surface area contributed by atoms with Crippen molar-refractivity contribution in [3.63, 3.8) is 0 Å². The van der Waals surface area contributed by atoms with Gasteiger partial charge >= 0.3 is 0 Å². The van der Waals surface area contributed by atoms with Crippen molar-refractivity contribution >= 4 is 37.2 Å². The third-order valence-electron chi connectivity index (χ3n) is 5.62. The normalized spacial score (nSPS) is 24.8. The van der Waals surface area contributed by atoms with Crippen molar-refractivity contribution in [3.8, 4) is 0 Å². The number of furan rings is 1. The smallest absolute Gasteiger partial charge is 0.289 e. The van der Waals surface area contributed by atoms with E-state index in [4.69, 9.17) is 16.0 Å². The van der Waals surface area contributed by atoms with Crippen molar-refractivity contribution < 1.29 is 26.0 Å². The quantitative estimate of drug-likeness (QED) is 0.661. The first-order valence-corrected chi connectivity index (χ1v) is 13.2. The van der Waals surface area contributed by atoms with Crippen LogP contribution in [0.3, 0.4) is 0 Å². The second kappa shape index (κ2) is 7.99. The van der Waals surface area contributed by atoms with Crippen LogP contribution in [-0.2, 0) is 19.7 Å². The van der Waals surface area contributed by atoms with Gasteiger partial charge in [-0.15, -0.1) is 0 Å². The Hall–Kier alpha value is -1.88. The first-order valence-electron chi connectivity index (χ1n) is 9.44. The molecule has 0 bridgehead atoms. The lowest BCUT2D eigenvalue weighted by Crippen LogP contribution is -2.55. The molecule has 4 rings (SSSR count). The standard InChI is InChI=1S/C19H21ClN2O6S2/c20-14-3-5-15(6-4-14)30(26,27)18-13-29(24,25)12-16(18)21-7-9-22(10-8-21)19(23)17-2-1-11-28-17/h1-6,11,16,18H,7-10,12-13H2/t16-,18-/m1/s1. The Labute approximate surface area is 180 Å². The molecule has 2 aliphatic heterocycles. The molecule has 1 amide bonds. The number of sulfone groups is 2. The van der Waals surface area contributed by atoms with Crippen molar-refractivity contribution in [2.45, 2.75) is 16.2 Å². The summed E-state index contributed by atoms with van der Waals surface area (Å²) in [5.41, 5.74) is 0. The Bertz CT molecular complexity index is 1120. The number of benzene rings is 1. The maximum Gasteiger partial charge on any atom is 0.289 e. The van der Waals surface area contributed by atoms with Crippen molar-refractivity contribution in [2.24, 2.45) is 0 Å². The summed E-state index contributed by atoms with van der Waals surface area (Å²) >= 11 is 5.86. The van der Waals surface area contributed by atoms with Crippen LogP contribution in [0.4, 0.5) is 0 Å². The molecule has 2 fully saturated rings. The fourth-order valence-corrected chi connectivity index (χ4v) is 9.00. The summed E-state index contributed by atoms with van der Waals surface area (Å²) in [7, 11) is -7.37. The monoisotopic (exact) mass is 472 g/mol. The molecule has 0 spiro atoms. The van der Waals surface area contributed by atoms with E-state index in [0.29, 0.717) is 31.2 Å². The lowest BCUT2D eigenvalue weighted by molar-refractivity contribution is 0.0560. The average Bonchev–Trinajstić information content (AvgIpc) is 3.36. The van der Waals surface area contributed by atoms with E-state index < -0.39 is 36.7 Å². The highest BCUT2D eigenvalue weighted by molar-refractivity contribution is 7.96. The maximum absolute atomic E-state index is 13.2. The molecule has 2 aliphatic rings. The zero-order valence-corrected chi connectivity index (χ0v) is 18.4. The number of carbonyl (C=O) groups is 1. The van der Waals surface area contributed by atoms with Gasteiger partial charge < -0.3 is 9.32 Å². The Morgan fingerprint density at radius 3 is 2.30 bits per heavy atom. The van der Waals surface area contributed by atoms with E-state index in [-0.39, 0.29) is 22.3 Å². The predicted molar refractivity (Wildman–Crippen MR) is 111 cm³/mol. The molecular weight excluding hydrogens is 452 g/mol. The fraction of sp³-hybridized carbons (Fsp3) is 0.421. The molecule has 3 heterocycles. The molecule has 1 aromatic carbocycles. The zero-order valence-electron chi connectivity index (χ0n) is 16.0. The van der Waals surface area contributed by atoms with Crippen molar-refractivity contribution in [1.82, 2.24) is 9.80 Å². The van der Waals surface area contributed by atoms with Gasteiger partial charge in [0.1, 0.15) is 0 Å². The summed E-state index contributed by atoms with van der Waals surface area (Å²) in [5.74, 6) is -0.607. The van der Waals surface area contributed by atoms with E-state index in [1.54, 1.807) is 17.0 Å². The maximum atomic E-state index is 13.2. The Kier molecular flexibility index (Phi) is 5.69. The Morgan fingerprint density at radius 2 is 1.70 bits per heavy atom. The molecule has 0 aliphatic carbocycles. The SMILES string of the molecule is O=C(c1ccco1)N1CCN([C@@H]2CS(=O)(=O)C[C@H]2S(=O)(=O)c2ccc(Cl)cc2)CC1. The minimum atomic E-state index is -3.87. The van der Waals surface area contributed by atoms with Gasteiger partial charge in [-0.25, -0.2) is 16.8 Å². The number of halogens is 1. The van der Waals surface area contributed by atoms with Gasteiger partial charge in [-0.1, -0.05) is 11.6 Å². The van der Waals surface area contributed by atoms with Crippen molar-refractivity contribution in [1.29, 1.82) is 0 Å². The molecule has 2 saturated heterocycles. The first-order chi connectivity index (χ1) is 14.2. The number of hydrogen-bond acceptors (Lipinski definition) is 7. The molecule has 1 aromatic heterocycles. The lowest BCUT2D eigenvalue weighted by atomic mass is 10.2. The van der Waals surface area contributed by atoms with Gasteiger partial charge in [-0.05, 0) is 36.4 Å². The molecule has 162 valence electrons. The van der Waals surface area contributed by atoms with Crippen LogP contribution in [0, 0.1) is 0 Å². The van der Waals surface area contributed by atoms with Gasteiger partial charge in [0.2, 0.25) is 0 Å². The minimum absolute atomic E-state index is 0.0608. The van der Waals surface area contributed by atoms with Crippen LogP contribution in [-0.4, -0.2) is 81.5 Å². The Morgan fingerprint density at radius 1 is 1.03 bits per heavy atom. The van der Waals surface area contributed by atoms with Crippen molar-refractivity contribution in [2.75, 3.05) is 37.7 Å². The second-order valence-corrected chi connectivity index (χ2v) is 12.2. The summed E-state index contributed by atoms with van der Waals surface area (Å²) < 4.78 is 56.3. The van der Waals surface area contributed by atoms with Gasteiger partial charge in [0, 0.05) is 37.2 Å². The topological polar surface area (TPSA) is 105 Å². The highest BCUT2D eigenvalue weighted by atomic mass is 35.5. The van der Waals surface area contributed by atoms with Crippen LogP contribution >= 0.6 is 11.6 Å². The van der Waals surface area contributed by atoms with E-state index in [9.17, 15) is 21.6 Å². The third kappa shape index (κ3) is 4.14. The van der Waals surface area contributed by atoms with E-state index >= 15 is 0 Å². The van der Waals surface area contributed by atoms with Crippen LogP contribution in [0.1, 0.15) is 10.6 Å². The van der Waals surface area contributed by atoms with E-state index in [2.05, 4.69) is 0 Å². The lowest BCUT2D eigenvalue weighted by Gasteiger charge is -2.39. The Balaban J connectivity index is 1.52. The van der Waals surface area contributed by atoms with Crippen LogP contribution in [0.15, 0.2) is 52.0 Å². The average molecular weight is 473 g/mol. The van der Waals surface area contributed by atoms with E-state index in [0.717, 1.165) is 0 Å². The zero-order chi connectivity index (χ0) is 21.5. The molecular formula is C19H21ClN2O6S2. The van der Waals surface area contributed by atoms with E-state index in [1.165, 1.54) is 30.5 Å². The predicted octanol–water partition coefficient (Wildman–Crippen LogP) is 1.33. The van der Waals surface area contributed by atoms with Gasteiger partial charge in [-0.3, -0.25) is 9.69 Å². The van der Waals surface area contributed by atoms with Crippen molar-refractivity contribution in [3.05, 3.63) is 53.4 Å². The second-order valence-electron chi connectivity index (χ2n) is 7.49. The first kappa shape index (κ1) is 21.4. The summed E-state index contributed by atoms with van der Waals surface area (Å²) in [6.45, 7) is 1.51. The van der Waals surface area contributed by atoms with Gasteiger partial charge in [-0.2, -0.15) is 0 Å². The number of nitrogens with zero attached hydrogens (tertiary/aromatic N) is 2. The van der Waals surface area contributed by atoms with E-state index in [1.807, 2.05) is 4.90 Å². The number of hydrogen-bond donors (Lipinski definition) is 0. The third-order valence-corrected chi connectivity index (χ3v) is 10.0. The highest BCUT2D eigenvalue weighted by Crippen LogP contribution is 2.30. The number of piperazine rings is 1. The summed E-state index contributed by atoms with van der Waals surface area (Å²) in [4.78, 5) is 16.0. The molecule has 11 heteroatoms. The number of amides is 1. The molecule has 8 nitrogen and oxygen atoms in total. The molecule has 2 aromatic rings. The number of rotatable bonds is 4. The molecule has 0 unspecified atom stereocenters. The largest absolute Gasteiger partial charge is 0.459 e. The minimum Gasteiger partial charge on any atom is -0.459 e. The van der Waals surface area contributed by atoms with Crippen LogP contribution in [0.5, 0.6) is 0 Å². The van der Waals surface area contributed by atoms with Crippen LogP contribution in [0.2, 0.25) is 5.02 Å². The molecule has 30 heavy (non-hydrogen) atoms. The van der Waals surface area contributed by atoms with Crippen LogP contribution in [0.25, 0.3) is 0 Å². The fourth-order valence-electron chi connectivity index (χ4n) is 4.05. The highest BCUT2D eigenvalue weighted by Gasteiger charge is 2.48. The molecule has 0 N–H and O–H groups in total. The summed E-state index contributed by atoms with van der Waals surface area (Å²) in [5, 5.41) is -0.655. The summed E-state index contributed by atoms with van der Waals surface area (Å²) in [6.07, 6.45) is 1.43. The van der Waals surface area contributed by atoms with Gasteiger partial charge in [0.25, 0.3) is 5.91 Å². The molecule has 0 radical (unpaired) electrons. The molecule has 2 atom stereocenters. The van der Waals surface area contributed by atoms with Crippen LogP contribution < -0.4 is 0 Å².